The third-order valence-electron chi connectivity index (χ3n) is 3.23. The van der Waals surface area contributed by atoms with Crippen molar-refractivity contribution in [1.82, 2.24) is 19.5 Å². The smallest absolute Gasteiger partial charge is 0.407 e. The summed E-state index contributed by atoms with van der Waals surface area (Å²) in [5.74, 6) is -0.376. The van der Waals surface area contributed by atoms with E-state index in [9.17, 15) is 9.18 Å². The zero-order valence-corrected chi connectivity index (χ0v) is 9.94. The minimum atomic E-state index is -0.985. The van der Waals surface area contributed by atoms with E-state index in [4.69, 9.17) is 5.11 Å². The van der Waals surface area contributed by atoms with Crippen LogP contribution in [0, 0.1) is 19.7 Å². The molecule has 0 aliphatic carbocycles. The molecule has 0 aromatic carbocycles. The Morgan fingerprint density at radius 1 is 1.39 bits per heavy atom. The molecule has 1 aliphatic heterocycles. The number of carbonyl (C=O) groups is 1. The lowest BCUT2D eigenvalue weighted by Crippen LogP contribution is -2.23. The summed E-state index contributed by atoms with van der Waals surface area (Å²) in [7, 11) is 0. The summed E-state index contributed by atoms with van der Waals surface area (Å²) in [6.45, 7) is 3.71. The average Bonchev–Trinajstić information content (AvgIpc) is 2.85. The van der Waals surface area contributed by atoms with Gasteiger partial charge >= 0.3 is 6.09 Å². The van der Waals surface area contributed by atoms with Crippen LogP contribution in [0.4, 0.5) is 9.18 Å². The molecule has 1 aliphatic rings. The van der Waals surface area contributed by atoms with E-state index in [1.165, 1.54) is 9.42 Å². The number of hydrogen-bond acceptors (Lipinski definition) is 3. The molecule has 0 atom stereocenters. The monoisotopic (exact) mass is 250 g/mol. The molecule has 6 nitrogen and oxygen atoms in total. The van der Waals surface area contributed by atoms with Crippen molar-refractivity contribution in [2.75, 3.05) is 0 Å². The number of carboxylic acid groups (broad SMARTS) is 1. The zero-order chi connectivity index (χ0) is 13.0. The Hall–Kier alpha value is -2.18. The second-order valence-corrected chi connectivity index (χ2v) is 4.40. The van der Waals surface area contributed by atoms with Crippen LogP contribution < -0.4 is 0 Å². The quantitative estimate of drug-likeness (QED) is 0.768. The van der Waals surface area contributed by atoms with Crippen molar-refractivity contribution in [1.29, 1.82) is 0 Å². The van der Waals surface area contributed by atoms with Gasteiger partial charge in [0.15, 0.2) is 11.5 Å². The van der Waals surface area contributed by atoms with E-state index < -0.39 is 6.09 Å². The summed E-state index contributed by atoms with van der Waals surface area (Å²) >= 11 is 0. The van der Waals surface area contributed by atoms with Crippen LogP contribution in [-0.2, 0) is 13.1 Å². The zero-order valence-electron chi connectivity index (χ0n) is 9.94. The van der Waals surface area contributed by atoms with Crippen LogP contribution in [0.1, 0.15) is 22.6 Å². The lowest BCUT2D eigenvalue weighted by molar-refractivity contribution is 0.144. The highest BCUT2D eigenvalue weighted by Crippen LogP contribution is 2.26. The summed E-state index contributed by atoms with van der Waals surface area (Å²) in [6, 6.07) is 0. The van der Waals surface area contributed by atoms with E-state index in [1.54, 1.807) is 13.8 Å². The second-order valence-electron chi connectivity index (χ2n) is 4.40. The molecule has 18 heavy (non-hydrogen) atoms. The minimum Gasteiger partial charge on any atom is -0.465 e. The van der Waals surface area contributed by atoms with E-state index in [1.807, 2.05) is 0 Å². The fraction of sp³-hybridized carbons (Fsp3) is 0.364. The number of hydrogen-bond donors (Lipinski definition) is 1. The van der Waals surface area contributed by atoms with Gasteiger partial charge in [0.1, 0.15) is 0 Å². The predicted molar refractivity (Wildman–Crippen MR) is 59.7 cm³/mol. The van der Waals surface area contributed by atoms with Crippen molar-refractivity contribution in [3.8, 4) is 0 Å². The molecular formula is C11H11FN4O2. The molecule has 2 aromatic heterocycles. The van der Waals surface area contributed by atoms with Gasteiger partial charge in [-0.1, -0.05) is 0 Å². The molecule has 0 radical (unpaired) electrons. The van der Waals surface area contributed by atoms with Gasteiger partial charge < -0.3 is 5.11 Å². The van der Waals surface area contributed by atoms with E-state index in [-0.39, 0.29) is 18.9 Å². The molecule has 1 N–H and O–H groups in total. The molecular weight excluding hydrogens is 239 g/mol. The first-order valence-electron chi connectivity index (χ1n) is 5.50. The van der Waals surface area contributed by atoms with E-state index in [0.717, 1.165) is 5.56 Å². The van der Waals surface area contributed by atoms with Crippen molar-refractivity contribution >= 4 is 11.7 Å². The first-order chi connectivity index (χ1) is 8.49. The molecule has 0 fully saturated rings. The molecule has 1 amide bonds. The molecule has 94 valence electrons. The van der Waals surface area contributed by atoms with E-state index in [0.29, 0.717) is 22.7 Å². The van der Waals surface area contributed by atoms with Crippen LogP contribution >= 0.6 is 0 Å². The van der Waals surface area contributed by atoms with Gasteiger partial charge in [0, 0.05) is 5.56 Å². The number of nitrogens with zero attached hydrogens (tertiary/aromatic N) is 4. The fourth-order valence-corrected chi connectivity index (χ4v) is 2.25. The number of rotatable bonds is 0. The van der Waals surface area contributed by atoms with Crippen LogP contribution in [0.2, 0.25) is 0 Å². The summed E-state index contributed by atoms with van der Waals surface area (Å²) in [5.41, 5.74) is 2.66. The summed E-state index contributed by atoms with van der Waals surface area (Å²) in [5, 5.41) is 13.2. The number of halogens is 1. The molecule has 0 saturated carbocycles. The largest absolute Gasteiger partial charge is 0.465 e. The maximum atomic E-state index is 13.7. The first kappa shape index (κ1) is 10.9. The van der Waals surface area contributed by atoms with Gasteiger partial charge in [-0.15, -0.1) is 0 Å². The van der Waals surface area contributed by atoms with Crippen molar-refractivity contribution in [2.45, 2.75) is 26.9 Å². The number of fused-ring (bicyclic) bond motifs is 3. The van der Waals surface area contributed by atoms with E-state index in [2.05, 4.69) is 10.1 Å². The van der Waals surface area contributed by atoms with Gasteiger partial charge in [-0.05, 0) is 13.8 Å². The van der Waals surface area contributed by atoms with Gasteiger partial charge in [-0.3, -0.25) is 4.90 Å². The van der Waals surface area contributed by atoms with Gasteiger partial charge in [0.25, 0.3) is 0 Å². The highest BCUT2D eigenvalue weighted by Gasteiger charge is 2.29. The lowest BCUT2D eigenvalue weighted by Gasteiger charge is -2.10. The van der Waals surface area contributed by atoms with Crippen LogP contribution in [0.5, 0.6) is 0 Å². The van der Waals surface area contributed by atoms with Gasteiger partial charge in [-0.25, -0.2) is 18.7 Å². The Balaban J connectivity index is 2.21. The van der Waals surface area contributed by atoms with Crippen molar-refractivity contribution in [2.24, 2.45) is 0 Å². The Morgan fingerprint density at radius 3 is 2.78 bits per heavy atom. The number of aromatic nitrogens is 3. The summed E-state index contributed by atoms with van der Waals surface area (Å²) in [4.78, 5) is 16.3. The SMILES string of the molecule is Cc1nc2c3c(nn2c(C)c1F)CN(C(=O)O)C3. The predicted octanol–water partition coefficient (Wildman–Crippen LogP) is 1.48. The number of amides is 1. The normalized spacial score (nSPS) is 14.3. The highest BCUT2D eigenvalue weighted by molar-refractivity contribution is 5.68. The molecule has 3 heterocycles. The maximum Gasteiger partial charge on any atom is 0.407 e. The van der Waals surface area contributed by atoms with Crippen molar-refractivity contribution in [3.63, 3.8) is 0 Å². The lowest BCUT2D eigenvalue weighted by atomic mass is 10.2. The fourth-order valence-electron chi connectivity index (χ4n) is 2.25. The summed E-state index contributed by atoms with van der Waals surface area (Å²) < 4.78 is 15.2. The first-order valence-corrected chi connectivity index (χ1v) is 5.50. The molecule has 0 saturated heterocycles. The Kier molecular flexibility index (Phi) is 2.07. The van der Waals surface area contributed by atoms with Crippen LogP contribution in [0.3, 0.4) is 0 Å². The van der Waals surface area contributed by atoms with E-state index >= 15 is 0 Å². The second kappa shape index (κ2) is 3.41. The maximum absolute atomic E-state index is 13.7. The topological polar surface area (TPSA) is 70.7 Å². The standard InChI is InChI=1S/C11H11FN4O2/c1-5-9(12)6(2)16-10(13-5)7-3-15(11(17)18)4-8(7)14-16/h3-4H2,1-2H3,(H,17,18). The van der Waals surface area contributed by atoms with Gasteiger partial charge in [0.2, 0.25) is 0 Å². The van der Waals surface area contributed by atoms with Gasteiger partial charge in [-0.2, -0.15) is 5.10 Å². The molecule has 0 spiro atoms. The van der Waals surface area contributed by atoms with Gasteiger partial charge in [0.05, 0.1) is 30.2 Å². The van der Waals surface area contributed by atoms with Crippen molar-refractivity contribution < 1.29 is 14.3 Å². The Bertz CT molecular complexity index is 679. The number of aryl methyl sites for hydroxylation is 2. The van der Waals surface area contributed by atoms with Crippen molar-refractivity contribution in [3.05, 3.63) is 28.5 Å². The molecule has 7 heteroatoms. The Labute approximate surface area is 102 Å². The highest BCUT2D eigenvalue weighted by atomic mass is 19.1. The summed E-state index contributed by atoms with van der Waals surface area (Å²) in [6.07, 6.45) is -0.985. The third kappa shape index (κ3) is 1.30. The van der Waals surface area contributed by atoms with Crippen LogP contribution in [0.15, 0.2) is 0 Å². The average molecular weight is 250 g/mol. The third-order valence-corrected chi connectivity index (χ3v) is 3.23. The molecule has 2 aromatic rings. The minimum absolute atomic E-state index is 0.230. The Morgan fingerprint density at radius 2 is 2.11 bits per heavy atom. The van der Waals surface area contributed by atoms with Crippen LogP contribution in [0.25, 0.3) is 5.65 Å². The molecule has 0 unspecified atom stereocenters. The van der Waals surface area contributed by atoms with Crippen LogP contribution in [-0.4, -0.2) is 30.7 Å². The molecule has 0 bridgehead atoms. The molecule has 3 rings (SSSR count).